The number of benzene rings is 2. The van der Waals surface area contributed by atoms with Gasteiger partial charge in [0.25, 0.3) is 0 Å². The van der Waals surface area contributed by atoms with Crippen molar-refractivity contribution < 1.29 is 20.6 Å². The third kappa shape index (κ3) is 3.51. The van der Waals surface area contributed by atoms with Crippen molar-refractivity contribution in [2.75, 3.05) is 0 Å². The van der Waals surface area contributed by atoms with E-state index in [2.05, 4.69) is 67.2 Å². The van der Waals surface area contributed by atoms with E-state index in [1.54, 1.807) is 0 Å². The summed E-state index contributed by atoms with van der Waals surface area (Å²) in [4.78, 5) is 0. The van der Waals surface area contributed by atoms with E-state index < -0.39 is 0 Å². The molecule has 18 heavy (non-hydrogen) atoms. The molecule has 2 N–H and O–H groups in total. The fraction of sp³-hybridized carbons (Fsp3) is 0.286. The van der Waals surface area contributed by atoms with Crippen molar-refractivity contribution in [3.05, 3.63) is 47.5 Å². The lowest BCUT2D eigenvalue weighted by Gasteiger charge is -2.13. The van der Waals surface area contributed by atoms with E-state index in [-0.39, 0.29) is 0 Å². The monoisotopic (exact) mass is 250 g/mol. The number of hydrogen-bond donors (Lipinski definition) is 2. The Morgan fingerprint density at radius 2 is 1.56 bits per heavy atom. The zero-order valence-corrected chi connectivity index (χ0v) is 10.8. The summed E-state index contributed by atoms with van der Waals surface area (Å²) in [5, 5.41) is 21.8. The lowest BCUT2D eigenvalue weighted by molar-refractivity contribution is -0.611. The lowest BCUT2D eigenvalue weighted by Crippen LogP contribution is -1.93. The van der Waals surface area contributed by atoms with Gasteiger partial charge in [-0.1, -0.05) is 50.2 Å². The molecule has 0 aliphatic heterocycles. The van der Waals surface area contributed by atoms with Gasteiger partial charge in [0, 0.05) is 0 Å². The minimum Gasteiger partial charge on any atom is -0.219 e. The fourth-order valence-corrected chi connectivity index (χ4v) is 2.17. The predicted molar refractivity (Wildman–Crippen MR) is 70.2 cm³/mol. The Hall–Kier alpha value is -1.46. The van der Waals surface area contributed by atoms with Crippen LogP contribution in [0, 0.1) is 6.92 Å². The van der Waals surface area contributed by atoms with E-state index in [0.717, 1.165) is 0 Å². The molecule has 0 spiro atoms. The number of hydrogen-bond acceptors (Lipinski definition) is 4. The maximum absolute atomic E-state index is 6.90. The first kappa shape index (κ1) is 14.6. The largest absolute Gasteiger partial charge is 0.219 e. The van der Waals surface area contributed by atoms with Crippen LogP contribution in [0.2, 0.25) is 0 Å². The first-order valence-electron chi connectivity index (χ1n) is 5.71. The minimum absolute atomic E-state index is 0.598. The normalized spacial score (nSPS) is 10.3. The zero-order chi connectivity index (χ0) is 13.5. The van der Waals surface area contributed by atoms with Gasteiger partial charge in [-0.2, -0.15) is 0 Å². The van der Waals surface area contributed by atoms with Crippen molar-refractivity contribution in [3.63, 3.8) is 0 Å². The predicted octanol–water partition coefficient (Wildman–Crippen LogP) is 4.15. The van der Waals surface area contributed by atoms with E-state index in [9.17, 15) is 0 Å². The average Bonchev–Trinajstić information content (AvgIpc) is 2.38. The highest BCUT2D eigenvalue weighted by Crippen LogP contribution is 2.28. The van der Waals surface area contributed by atoms with Gasteiger partial charge in [-0.15, -0.1) is 0 Å². The van der Waals surface area contributed by atoms with Crippen molar-refractivity contribution in [1.29, 1.82) is 0 Å². The molecule has 0 aliphatic rings. The smallest absolute Gasteiger partial charge is 0.0147 e. The Balaban J connectivity index is 0.000000357. The number of fused-ring (bicyclic) bond motifs is 1. The second-order valence-electron chi connectivity index (χ2n) is 4.32. The highest BCUT2D eigenvalue weighted by Gasteiger charge is 2.07. The SMILES string of the molecule is Cc1ccc2ccccc2c1C(C)C.OOOO. The number of aryl methyl sites for hydroxylation is 1. The Morgan fingerprint density at radius 3 is 2.11 bits per heavy atom. The van der Waals surface area contributed by atoms with Crippen LogP contribution in [0.1, 0.15) is 30.9 Å². The second-order valence-corrected chi connectivity index (χ2v) is 4.32. The van der Waals surface area contributed by atoms with Gasteiger partial charge in [0.2, 0.25) is 0 Å². The van der Waals surface area contributed by atoms with E-state index >= 15 is 0 Å². The standard InChI is InChI=1S/C14H16.H2O4/c1-10(2)14-11(3)8-9-12-6-4-5-7-13(12)14;1-3-4-2/h4-10H,1-3H3;1-2H. The topological polar surface area (TPSA) is 58.9 Å². The van der Waals surface area contributed by atoms with Gasteiger partial charge in [-0.05, 0) is 44.8 Å². The van der Waals surface area contributed by atoms with Crippen LogP contribution in [0.3, 0.4) is 0 Å². The molecule has 2 aromatic carbocycles. The van der Waals surface area contributed by atoms with E-state index in [1.165, 1.54) is 21.9 Å². The van der Waals surface area contributed by atoms with Crippen LogP contribution in [0.5, 0.6) is 0 Å². The van der Waals surface area contributed by atoms with Gasteiger partial charge in [0.15, 0.2) is 0 Å². The first-order chi connectivity index (χ1) is 8.61. The van der Waals surface area contributed by atoms with E-state index in [1.807, 2.05) is 0 Å². The summed E-state index contributed by atoms with van der Waals surface area (Å²) < 4.78 is 0. The maximum Gasteiger partial charge on any atom is -0.0147 e. The fourth-order valence-electron chi connectivity index (χ4n) is 2.17. The molecular weight excluding hydrogens is 232 g/mol. The first-order valence-corrected chi connectivity index (χ1v) is 5.71. The molecule has 0 bridgehead atoms. The summed E-state index contributed by atoms with van der Waals surface area (Å²) in [5.41, 5.74) is 2.89. The van der Waals surface area contributed by atoms with Gasteiger partial charge in [0.05, 0.1) is 0 Å². The molecule has 0 unspecified atom stereocenters. The molecule has 0 aliphatic carbocycles. The Kier molecular flexibility index (Phi) is 5.74. The van der Waals surface area contributed by atoms with Gasteiger partial charge in [-0.3, -0.25) is 0 Å². The van der Waals surface area contributed by atoms with Crippen molar-refractivity contribution in [2.45, 2.75) is 26.7 Å². The molecule has 98 valence electrons. The van der Waals surface area contributed by atoms with Crippen molar-refractivity contribution in [2.24, 2.45) is 0 Å². The van der Waals surface area contributed by atoms with E-state index in [0.29, 0.717) is 5.92 Å². The highest BCUT2D eigenvalue weighted by atomic mass is 17.6. The van der Waals surface area contributed by atoms with Gasteiger partial charge < -0.3 is 0 Å². The second kappa shape index (κ2) is 7.08. The Labute approximate surface area is 106 Å². The summed E-state index contributed by atoms with van der Waals surface area (Å²) in [6.07, 6.45) is 0. The quantitative estimate of drug-likeness (QED) is 0.621. The zero-order valence-electron chi connectivity index (χ0n) is 10.8. The minimum atomic E-state index is 0.598. The van der Waals surface area contributed by atoms with Gasteiger partial charge >= 0.3 is 0 Å². The summed E-state index contributed by atoms with van der Waals surface area (Å²) >= 11 is 0. The van der Waals surface area contributed by atoms with Crippen LogP contribution in [-0.2, 0) is 10.1 Å². The Bertz CT molecular complexity index is 492. The third-order valence-corrected chi connectivity index (χ3v) is 2.80. The molecular formula is C14H18O4. The van der Waals surface area contributed by atoms with Crippen LogP contribution in [0.25, 0.3) is 10.8 Å². The molecule has 2 aromatic rings. The molecule has 0 atom stereocenters. The Morgan fingerprint density at radius 1 is 0.944 bits per heavy atom. The average molecular weight is 250 g/mol. The molecule has 2 rings (SSSR count). The molecule has 0 radical (unpaired) electrons. The summed E-state index contributed by atoms with van der Waals surface area (Å²) in [6, 6.07) is 13.0. The molecule has 0 saturated carbocycles. The molecule has 0 heterocycles. The van der Waals surface area contributed by atoms with Crippen molar-refractivity contribution in [1.82, 2.24) is 0 Å². The summed E-state index contributed by atoms with van der Waals surface area (Å²) in [5.74, 6) is 0.598. The van der Waals surface area contributed by atoms with Crippen LogP contribution >= 0.6 is 0 Å². The molecule has 4 nitrogen and oxygen atoms in total. The van der Waals surface area contributed by atoms with Crippen molar-refractivity contribution in [3.8, 4) is 0 Å². The van der Waals surface area contributed by atoms with Crippen LogP contribution in [-0.4, -0.2) is 10.5 Å². The molecule has 0 amide bonds. The summed E-state index contributed by atoms with van der Waals surface area (Å²) in [6.45, 7) is 6.71. The molecule has 4 heteroatoms. The molecule has 0 fully saturated rings. The van der Waals surface area contributed by atoms with Crippen LogP contribution in [0.15, 0.2) is 36.4 Å². The summed E-state index contributed by atoms with van der Waals surface area (Å²) in [7, 11) is 0. The van der Waals surface area contributed by atoms with E-state index in [4.69, 9.17) is 10.5 Å². The van der Waals surface area contributed by atoms with Crippen LogP contribution < -0.4 is 0 Å². The van der Waals surface area contributed by atoms with Crippen LogP contribution in [0.4, 0.5) is 0 Å². The van der Waals surface area contributed by atoms with Gasteiger partial charge in [0.1, 0.15) is 0 Å². The number of rotatable bonds is 2. The highest BCUT2D eigenvalue weighted by molar-refractivity contribution is 5.87. The maximum atomic E-state index is 6.90. The third-order valence-electron chi connectivity index (χ3n) is 2.80. The lowest BCUT2D eigenvalue weighted by atomic mass is 9.92. The van der Waals surface area contributed by atoms with Crippen molar-refractivity contribution >= 4 is 10.8 Å². The molecule has 0 saturated heterocycles. The molecule has 0 aromatic heterocycles. The van der Waals surface area contributed by atoms with Gasteiger partial charge in [-0.25, -0.2) is 10.5 Å².